The Morgan fingerprint density at radius 1 is 1.19 bits per heavy atom. The molecule has 1 fully saturated rings. The Bertz CT molecular complexity index is 1270. The van der Waals surface area contributed by atoms with Gasteiger partial charge in [0.1, 0.15) is 34.4 Å². The SMILES string of the molecule is CC[C@]1(O)[C@H](N)C[C@H](c2ccncc2CC(=O)c2ccc(F)c(-c3c(F)cc(C)cc3F)n2)O[C@@H]1C. The van der Waals surface area contributed by atoms with Crippen LogP contribution in [0.15, 0.2) is 42.7 Å². The number of aryl methyl sites for hydroxylation is 1. The lowest BCUT2D eigenvalue weighted by molar-refractivity contribution is -0.181. The molecule has 0 amide bonds. The van der Waals surface area contributed by atoms with Crippen molar-refractivity contribution in [2.24, 2.45) is 5.73 Å². The highest BCUT2D eigenvalue weighted by molar-refractivity contribution is 5.96. The molecule has 0 unspecified atom stereocenters. The van der Waals surface area contributed by atoms with E-state index in [-0.39, 0.29) is 12.1 Å². The zero-order valence-corrected chi connectivity index (χ0v) is 20.3. The van der Waals surface area contributed by atoms with Gasteiger partial charge < -0.3 is 15.6 Å². The molecule has 9 heteroatoms. The lowest BCUT2D eigenvalue weighted by Crippen LogP contribution is -2.59. The molecule has 3 N–H and O–H groups in total. The predicted molar refractivity (Wildman–Crippen MR) is 128 cm³/mol. The van der Waals surface area contributed by atoms with Gasteiger partial charge in [0.15, 0.2) is 5.78 Å². The summed E-state index contributed by atoms with van der Waals surface area (Å²) in [6, 6.07) is 5.49. The van der Waals surface area contributed by atoms with Gasteiger partial charge in [-0.05, 0) is 73.7 Å². The zero-order chi connectivity index (χ0) is 26.2. The molecule has 1 aliphatic heterocycles. The number of benzene rings is 1. The van der Waals surface area contributed by atoms with Crippen molar-refractivity contribution < 1.29 is 27.8 Å². The third-order valence-electron chi connectivity index (χ3n) is 6.94. The number of halogens is 3. The van der Waals surface area contributed by atoms with Crippen LogP contribution in [0.1, 0.15) is 60.0 Å². The topological polar surface area (TPSA) is 98.3 Å². The molecular weight excluding hydrogens is 471 g/mol. The Kier molecular flexibility index (Phi) is 7.26. The first-order chi connectivity index (χ1) is 17.0. The van der Waals surface area contributed by atoms with Crippen LogP contribution in [0.3, 0.4) is 0 Å². The Hall–Kier alpha value is -3.14. The van der Waals surface area contributed by atoms with E-state index in [2.05, 4.69) is 9.97 Å². The average Bonchev–Trinajstić information content (AvgIpc) is 2.83. The van der Waals surface area contributed by atoms with Crippen LogP contribution in [0.4, 0.5) is 13.2 Å². The lowest BCUT2D eigenvalue weighted by Gasteiger charge is -2.45. The van der Waals surface area contributed by atoms with E-state index in [1.165, 1.54) is 19.2 Å². The molecule has 190 valence electrons. The van der Waals surface area contributed by atoms with Crippen LogP contribution < -0.4 is 5.73 Å². The largest absolute Gasteiger partial charge is 0.386 e. The number of hydrogen-bond acceptors (Lipinski definition) is 6. The fourth-order valence-corrected chi connectivity index (χ4v) is 4.77. The van der Waals surface area contributed by atoms with E-state index in [9.17, 15) is 23.1 Å². The predicted octanol–water partition coefficient (Wildman–Crippen LogP) is 4.61. The Morgan fingerprint density at radius 3 is 2.53 bits per heavy atom. The normalized spacial score (nSPS) is 24.1. The molecule has 2 aromatic heterocycles. The van der Waals surface area contributed by atoms with Gasteiger partial charge in [0.25, 0.3) is 0 Å². The van der Waals surface area contributed by atoms with Gasteiger partial charge in [-0.2, -0.15) is 0 Å². The second kappa shape index (κ2) is 10.1. The van der Waals surface area contributed by atoms with Crippen LogP contribution in [0.2, 0.25) is 0 Å². The van der Waals surface area contributed by atoms with Gasteiger partial charge in [-0.15, -0.1) is 0 Å². The number of pyridine rings is 2. The molecule has 1 saturated heterocycles. The second-order valence-electron chi connectivity index (χ2n) is 9.26. The summed E-state index contributed by atoms with van der Waals surface area (Å²) in [5.74, 6) is -3.37. The van der Waals surface area contributed by atoms with Crippen LogP contribution in [0.25, 0.3) is 11.3 Å². The summed E-state index contributed by atoms with van der Waals surface area (Å²) in [5.41, 5.74) is 5.36. The Balaban J connectivity index is 1.63. The van der Waals surface area contributed by atoms with E-state index >= 15 is 0 Å². The number of nitrogens with two attached hydrogens (primary N) is 1. The van der Waals surface area contributed by atoms with Crippen molar-refractivity contribution in [3.63, 3.8) is 0 Å². The third-order valence-corrected chi connectivity index (χ3v) is 6.94. The van der Waals surface area contributed by atoms with Crippen molar-refractivity contribution in [1.29, 1.82) is 0 Å². The van der Waals surface area contributed by atoms with Gasteiger partial charge in [-0.25, -0.2) is 18.2 Å². The molecule has 36 heavy (non-hydrogen) atoms. The summed E-state index contributed by atoms with van der Waals surface area (Å²) in [4.78, 5) is 21.2. The number of rotatable bonds is 6. The number of ether oxygens (including phenoxy) is 1. The number of hydrogen-bond donors (Lipinski definition) is 2. The maximum absolute atomic E-state index is 14.5. The number of carbonyl (C=O) groups excluding carboxylic acids is 1. The molecule has 0 saturated carbocycles. The molecule has 3 heterocycles. The summed E-state index contributed by atoms with van der Waals surface area (Å²) >= 11 is 0. The minimum atomic E-state index is -1.16. The van der Waals surface area contributed by atoms with Gasteiger partial charge in [-0.3, -0.25) is 9.78 Å². The zero-order valence-electron chi connectivity index (χ0n) is 20.3. The molecular formula is C27H28F3N3O3. The number of nitrogens with zero attached hydrogens (tertiary/aromatic N) is 2. The summed E-state index contributed by atoms with van der Waals surface area (Å²) in [7, 11) is 0. The quantitative estimate of drug-likeness (QED) is 0.481. The smallest absolute Gasteiger partial charge is 0.185 e. The summed E-state index contributed by atoms with van der Waals surface area (Å²) in [6.45, 7) is 5.11. The maximum atomic E-state index is 14.5. The maximum Gasteiger partial charge on any atom is 0.185 e. The highest BCUT2D eigenvalue weighted by atomic mass is 19.1. The Labute approximate surface area is 207 Å². The van der Waals surface area contributed by atoms with Gasteiger partial charge in [0.05, 0.1) is 17.8 Å². The van der Waals surface area contributed by atoms with Gasteiger partial charge in [-0.1, -0.05) is 6.92 Å². The molecule has 1 aromatic carbocycles. The van der Waals surface area contributed by atoms with Crippen molar-refractivity contribution in [3.05, 3.63) is 82.6 Å². The fraction of sp³-hybridized carbons (Fsp3) is 0.370. The minimum absolute atomic E-state index is 0.143. The molecule has 0 radical (unpaired) electrons. The van der Waals surface area contributed by atoms with Crippen molar-refractivity contribution in [3.8, 4) is 11.3 Å². The third kappa shape index (κ3) is 4.78. The van der Waals surface area contributed by atoms with E-state index in [0.717, 1.165) is 18.2 Å². The number of aliphatic hydroxyl groups is 1. The molecule has 4 atom stereocenters. The molecule has 6 nitrogen and oxygen atoms in total. The van der Waals surface area contributed by atoms with E-state index in [4.69, 9.17) is 10.5 Å². The van der Waals surface area contributed by atoms with E-state index < -0.39 is 58.3 Å². The van der Waals surface area contributed by atoms with Crippen LogP contribution in [-0.4, -0.2) is 38.6 Å². The van der Waals surface area contributed by atoms with Crippen molar-refractivity contribution in [1.82, 2.24) is 9.97 Å². The fourth-order valence-electron chi connectivity index (χ4n) is 4.77. The van der Waals surface area contributed by atoms with Crippen LogP contribution in [0.5, 0.6) is 0 Å². The molecule has 0 aliphatic carbocycles. The average molecular weight is 500 g/mol. The molecule has 3 aromatic rings. The monoisotopic (exact) mass is 499 g/mol. The van der Waals surface area contributed by atoms with Crippen molar-refractivity contribution >= 4 is 5.78 Å². The number of aromatic nitrogens is 2. The molecule has 0 spiro atoms. The van der Waals surface area contributed by atoms with E-state index in [1.54, 1.807) is 19.2 Å². The van der Waals surface area contributed by atoms with Crippen molar-refractivity contribution in [2.45, 2.75) is 63.9 Å². The molecule has 0 bridgehead atoms. The van der Waals surface area contributed by atoms with Crippen molar-refractivity contribution in [2.75, 3.05) is 0 Å². The first-order valence-electron chi connectivity index (χ1n) is 11.8. The summed E-state index contributed by atoms with van der Waals surface area (Å²) in [6.07, 6.45) is 2.71. The molecule has 1 aliphatic rings. The highest BCUT2D eigenvalue weighted by Gasteiger charge is 2.45. The van der Waals surface area contributed by atoms with Crippen LogP contribution in [0, 0.1) is 24.4 Å². The van der Waals surface area contributed by atoms with Crippen LogP contribution in [-0.2, 0) is 11.2 Å². The van der Waals surface area contributed by atoms with Gasteiger partial charge >= 0.3 is 0 Å². The lowest BCUT2D eigenvalue weighted by atomic mass is 9.79. The number of ketones is 1. The van der Waals surface area contributed by atoms with Gasteiger partial charge in [0.2, 0.25) is 0 Å². The van der Waals surface area contributed by atoms with E-state index in [1.807, 2.05) is 6.92 Å². The minimum Gasteiger partial charge on any atom is -0.386 e. The molecule has 4 rings (SSSR count). The standard InChI is InChI=1S/C27H28F3N3O3/c1-4-27(35)15(3)36-23(12-24(27)31)17-7-8-32-13-16(17)11-22(34)21-6-5-18(28)26(33-21)25-19(29)9-14(2)10-20(25)30/h5-10,13,15,23-24,35H,4,11-12,31H2,1-3H3/t15-,23-,24-,27-/m1/s1. The summed E-state index contributed by atoms with van der Waals surface area (Å²) < 4.78 is 49.6. The highest BCUT2D eigenvalue weighted by Crippen LogP contribution is 2.39. The first-order valence-corrected chi connectivity index (χ1v) is 11.8. The second-order valence-corrected chi connectivity index (χ2v) is 9.26. The Morgan fingerprint density at radius 2 is 1.89 bits per heavy atom. The number of Topliss-reactive ketones (excluding diaryl/α,β-unsaturated/α-hetero) is 1. The first kappa shape index (κ1) is 25.9. The summed E-state index contributed by atoms with van der Waals surface area (Å²) in [5, 5.41) is 10.8. The van der Waals surface area contributed by atoms with Gasteiger partial charge in [0, 0.05) is 24.9 Å². The van der Waals surface area contributed by atoms with Crippen LogP contribution >= 0.6 is 0 Å². The van der Waals surface area contributed by atoms with E-state index in [0.29, 0.717) is 29.5 Å². The number of carbonyl (C=O) groups is 1.